The largest absolute Gasteiger partial charge is 0.348 e. The minimum absolute atomic E-state index is 0.0150. The third-order valence-corrected chi connectivity index (χ3v) is 4.96. The number of nitrogens with one attached hydrogen (secondary N) is 1. The molecular weight excluding hydrogens is 324 g/mol. The van der Waals surface area contributed by atoms with Gasteiger partial charge in [0, 0.05) is 37.4 Å². The molecule has 0 spiro atoms. The number of rotatable bonds is 5. The van der Waals surface area contributed by atoms with E-state index in [4.69, 9.17) is 0 Å². The molecule has 1 saturated heterocycles. The van der Waals surface area contributed by atoms with Gasteiger partial charge in [0.05, 0.1) is 11.9 Å². The van der Waals surface area contributed by atoms with Gasteiger partial charge < -0.3 is 10.2 Å². The first kappa shape index (κ1) is 18.6. The van der Waals surface area contributed by atoms with Gasteiger partial charge in [-0.15, -0.1) is 0 Å². The number of aromatic nitrogens is 2. The van der Waals surface area contributed by atoms with E-state index >= 15 is 0 Å². The lowest BCUT2D eigenvalue weighted by Crippen LogP contribution is -2.47. The molecular formula is C21H30N4O. The fraction of sp³-hybridized carbons (Fsp3) is 0.524. The number of amides is 1. The highest BCUT2D eigenvalue weighted by Gasteiger charge is 2.23. The van der Waals surface area contributed by atoms with Gasteiger partial charge in [-0.05, 0) is 61.9 Å². The van der Waals surface area contributed by atoms with Crippen LogP contribution in [-0.2, 0) is 0 Å². The molecule has 1 amide bonds. The molecule has 3 unspecified atom stereocenters. The van der Waals surface area contributed by atoms with Crippen molar-refractivity contribution in [1.29, 1.82) is 0 Å². The van der Waals surface area contributed by atoms with Crippen molar-refractivity contribution in [1.82, 2.24) is 20.0 Å². The lowest BCUT2D eigenvalue weighted by Gasteiger charge is -2.36. The predicted molar refractivity (Wildman–Crippen MR) is 105 cm³/mol. The molecule has 1 fully saturated rings. The monoisotopic (exact) mass is 354 g/mol. The number of hydrogen-bond acceptors (Lipinski definition) is 3. The molecule has 0 aliphatic carbocycles. The molecule has 2 aromatic rings. The SMILES string of the molecule is Cc1cnn(-c2ccc(C(=O)NC(C)CN3CC(C)CC(C)C3)cc2)c1. The van der Waals surface area contributed by atoms with E-state index < -0.39 is 0 Å². The number of carbonyl (C=O) groups is 1. The molecule has 0 radical (unpaired) electrons. The standard InChI is InChI=1S/C21H30N4O/c1-15-9-16(2)12-24(11-15)14-18(4)23-21(26)19-5-7-20(8-6-19)25-13-17(3)10-22-25/h5-8,10,13,15-16,18H,9,11-12,14H2,1-4H3,(H,23,26). The van der Waals surface area contributed by atoms with Crippen LogP contribution in [0.4, 0.5) is 0 Å². The van der Waals surface area contributed by atoms with Crippen LogP contribution in [0, 0.1) is 18.8 Å². The van der Waals surface area contributed by atoms with Crippen molar-refractivity contribution in [3.63, 3.8) is 0 Å². The van der Waals surface area contributed by atoms with E-state index in [0.29, 0.717) is 5.56 Å². The minimum atomic E-state index is -0.0150. The highest BCUT2D eigenvalue weighted by Crippen LogP contribution is 2.21. The molecule has 1 N–H and O–H groups in total. The van der Waals surface area contributed by atoms with Crippen molar-refractivity contribution in [2.75, 3.05) is 19.6 Å². The van der Waals surface area contributed by atoms with Crippen LogP contribution in [0.5, 0.6) is 0 Å². The maximum absolute atomic E-state index is 12.5. The fourth-order valence-electron chi connectivity index (χ4n) is 4.00. The van der Waals surface area contributed by atoms with E-state index in [-0.39, 0.29) is 11.9 Å². The van der Waals surface area contributed by atoms with E-state index in [1.54, 1.807) is 0 Å². The van der Waals surface area contributed by atoms with Gasteiger partial charge in [-0.25, -0.2) is 4.68 Å². The second-order valence-corrected chi connectivity index (χ2v) is 8.05. The lowest BCUT2D eigenvalue weighted by atomic mass is 9.92. The second-order valence-electron chi connectivity index (χ2n) is 8.05. The molecule has 0 bridgehead atoms. The number of hydrogen-bond donors (Lipinski definition) is 1. The summed E-state index contributed by atoms with van der Waals surface area (Å²) in [6.07, 6.45) is 5.10. The summed E-state index contributed by atoms with van der Waals surface area (Å²) in [5.41, 5.74) is 2.76. The van der Waals surface area contributed by atoms with E-state index in [1.807, 2.05) is 48.3 Å². The Morgan fingerprint density at radius 3 is 2.46 bits per heavy atom. The molecule has 3 rings (SSSR count). The first-order valence-electron chi connectivity index (χ1n) is 9.55. The summed E-state index contributed by atoms with van der Waals surface area (Å²) in [4.78, 5) is 15.0. The maximum Gasteiger partial charge on any atom is 0.251 e. The average molecular weight is 354 g/mol. The average Bonchev–Trinajstić information content (AvgIpc) is 3.00. The van der Waals surface area contributed by atoms with Crippen LogP contribution in [0.3, 0.4) is 0 Å². The summed E-state index contributed by atoms with van der Waals surface area (Å²) < 4.78 is 1.82. The van der Waals surface area contributed by atoms with Gasteiger partial charge in [0.25, 0.3) is 5.91 Å². The predicted octanol–water partition coefficient (Wildman–Crippen LogP) is 3.28. The van der Waals surface area contributed by atoms with Crippen LogP contribution in [0.2, 0.25) is 0 Å². The highest BCUT2D eigenvalue weighted by molar-refractivity contribution is 5.94. The molecule has 1 aliphatic heterocycles. The minimum Gasteiger partial charge on any atom is -0.348 e. The summed E-state index contributed by atoms with van der Waals surface area (Å²) in [6, 6.07) is 7.72. The Bertz CT molecular complexity index is 727. The summed E-state index contributed by atoms with van der Waals surface area (Å²) in [5.74, 6) is 1.46. The molecule has 1 aromatic heterocycles. The van der Waals surface area contributed by atoms with Gasteiger partial charge in [-0.3, -0.25) is 4.79 Å². The molecule has 1 aromatic carbocycles. The van der Waals surface area contributed by atoms with Gasteiger partial charge in [0.15, 0.2) is 0 Å². The Kier molecular flexibility index (Phi) is 5.77. The Morgan fingerprint density at radius 1 is 1.23 bits per heavy atom. The van der Waals surface area contributed by atoms with Gasteiger partial charge in [-0.2, -0.15) is 5.10 Å². The van der Waals surface area contributed by atoms with Gasteiger partial charge in [-0.1, -0.05) is 13.8 Å². The summed E-state index contributed by atoms with van der Waals surface area (Å²) >= 11 is 0. The molecule has 3 atom stereocenters. The van der Waals surface area contributed by atoms with Crippen molar-refractivity contribution in [2.45, 2.75) is 40.2 Å². The first-order valence-corrected chi connectivity index (χ1v) is 9.55. The van der Waals surface area contributed by atoms with Gasteiger partial charge in [0.2, 0.25) is 0 Å². The fourth-order valence-corrected chi connectivity index (χ4v) is 4.00. The normalized spacial score (nSPS) is 22.2. The highest BCUT2D eigenvalue weighted by atomic mass is 16.1. The van der Waals surface area contributed by atoms with Crippen LogP contribution in [0.1, 0.15) is 43.1 Å². The van der Waals surface area contributed by atoms with Crippen molar-refractivity contribution >= 4 is 5.91 Å². The molecule has 140 valence electrons. The zero-order valence-corrected chi connectivity index (χ0v) is 16.3. The number of benzene rings is 1. The lowest BCUT2D eigenvalue weighted by molar-refractivity contribution is 0.0905. The summed E-state index contributed by atoms with van der Waals surface area (Å²) in [5, 5.41) is 7.43. The van der Waals surface area contributed by atoms with Crippen LogP contribution in [-0.4, -0.2) is 46.3 Å². The third-order valence-electron chi connectivity index (χ3n) is 4.96. The molecule has 2 heterocycles. The van der Waals surface area contributed by atoms with Crippen molar-refractivity contribution < 1.29 is 4.79 Å². The number of piperidine rings is 1. The maximum atomic E-state index is 12.5. The van der Waals surface area contributed by atoms with Crippen LogP contribution in [0.25, 0.3) is 5.69 Å². The second kappa shape index (κ2) is 8.04. The van der Waals surface area contributed by atoms with Crippen molar-refractivity contribution in [2.24, 2.45) is 11.8 Å². The summed E-state index contributed by atoms with van der Waals surface area (Å²) in [7, 11) is 0. The molecule has 5 nitrogen and oxygen atoms in total. The summed E-state index contributed by atoms with van der Waals surface area (Å²) in [6.45, 7) is 11.9. The van der Waals surface area contributed by atoms with Crippen LogP contribution >= 0.6 is 0 Å². The first-order chi connectivity index (χ1) is 12.4. The van der Waals surface area contributed by atoms with Crippen LogP contribution in [0.15, 0.2) is 36.7 Å². The zero-order chi connectivity index (χ0) is 18.7. The topological polar surface area (TPSA) is 50.2 Å². The Labute approximate surface area is 156 Å². The number of carbonyl (C=O) groups excluding carboxylic acids is 1. The van der Waals surface area contributed by atoms with E-state index in [0.717, 1.165) is 42.7 Å². The third kappa shape index (κ3) is 4.73. The van der Waals surface area contributed by atoms with Gasteiger partial charge >= 0.3 is 0 Å². The number of aryl methyl sites for hydroxylation is 1. The number of likely N-dealkylation sites (tertiary alicyclic amines) is 1. The van der Waals surface area contributed by atoms with E-state index in [2.05, 4.69) is 36.1 Å². The van der Waals surface area contributed by atoms with E-state index in [9.17, 15) is 4.79 Å². The Morgan fingerprint density at radius 2 is 1.88 bits per heavy atom. The smallest absolute Gasteiger partial charge is 0.251 e. The van der Waals surface area contributed by atoms with Gasteiger partial charge in [0.1, 0.15) is 0 Å². The molecule has 0 saturated carbocycles. The quantitative estimate of drug-likeness (QED) is 0.896. The van der Waals surface area contributed by atoms with Crippen molar-refractivity contribution in [3.8, 4) is 5.69 Å². The Balaban J connectivity index is 1.55. The molecule has 5 heteroatoms. The Hall–Kier alpha value is -2.14. The van der Waals surface area contributed by atoms with Crippen molar-refractivity contribution in [3.05, 3.63) is 47.8 Å². The zero-order valence-electron chi connectivity index (χ0n) is 16.3. The number of nitrogens with zero attached hydrogens (tertiary/aromatic N) is 3. The molecule has 1 aliphatic rings. The van der Waals surface area contributed by atoms with Crippen LogP contribution < -0.4 is 5.32 Å². The molecule has 26 heavy (non-hydrogen) atoms. The van der Waals surface area contributed by atoms with E-state index in [1.165, 1.54) is 6.42 Å².